The summed E-state index contributed by atoms with van der Waals surface area (Å²) in [4.78, 5) is 11.7. The molecule has 8 heteroatoms. The van der Waals surface area contributed by atoms with Gasteiger partial charge in [0.25, 0.3) is 0 Å². The normalized spacial score (nSPS) is 11.4. The van der Waals surface area contributed by atoms with Crippen LogP contribution in [-0.2, 0) is 21.3 Å². The van der Waals surface area contributed by atoms with Gasteiger partial charge in [0.15, 0.2) is 5.76 Å². The summed E-state index contributed by atoms with van der Waals surface area (Å²) in [6, 6.07) is 6.07. The molecule has 0 unspecified atom stereocenters. The van der Waals surface area contributed by atoms with Crippen molar-refractivity contribution in [2.75, 3.05) is 7.11 Å². The fraction of sp³-hybridized carbons (Fsp3) is 0.286. The van der Waals surface area contributed by atoms with E-state index in [1.54, 1.807) is 19.9 Å². The molecule has 7 nitrogen and oxygen atoms in total. The molecule has 1 heterocycles. The SMILES string of the molecule is COC(=O)c1cccc(S(=O)(=O)NCc2cc(C)no2)c1C. The summed E-state index contributed by atoms with van der Waals surface area (Å²) in [5.74, 6) is -0.178. The molecule has 0 spiro atoms. The highest BCUT2D eigenvalue weighted by Gasteiger charge is 2.21. The van der Waals surface area contributed by atoms with Gasteiger partial charge >= 0.3 is 5.97 Å². The van der Waals surface area contributed by atoms with E-state index in [0.717, 1.165) is 0 Å². The van der Waals surface area contributed by atoms with Crippen LogP contribution in [0.4, 0.5) is 0 Å². The molecule has 0 bridgehead atoms. The van der Waals surface area contributed by atoms with Crippen molar-refractivity contribution in [3.8, 4) is 0 Å². The number of hydrogen-bond donors (Lipinski definition) is 1. The Kier molecular flexibility index (Phi) is 4.62. The minimum absolute atomic E-state index is 0.0200. The number of ether oxygens (including phenoxy) is 1. The highest BCUT2D eigenvalue weighted by atomic mass is 32.2. The monoisotopic (exact) mass is 324 g/mol. The number of carbonyl (C=O) groups is 1. The summed E-state index contributed by atoms with van der Waals surface area (Å²) < 4.78 is 36.8. The molecule has 1 aromatic heterocycles. The summed E-state index contributed by atoms with van der Waals surface area (Å²) in [6.45, 7) is 3.27. The van der Waals surface area contributed by atoms with E-state index in [1.165, 1.54) is 25.3 Å². The molecule has 1 N–H and O–H groups in total. The van der Waals surface area contributed by atoms with Gasteiger partial charge in [-0.3, -0.25) is 0 Å². The summed E-state index contributed by atoms with van der Waals surface area (Å²) >= 11 is 0. The maximum atomic E-state index is 12.4. The number of hydrogen-bond acceptors (Lipinski definition) is 6. The van der Waals surface area contributed by atoms with Crippen LogP contribution in [0, 0.1) is 13.8 Å². The van der Waals surface area contributed by atoms with Crippen molar-refractivity contribution in [2.24, 2.45) is 0 Å². The predicted octanol–water partition coefficient (Wildman–Crippen LogP) is 1.56. The van der Waals surface area contributed by atoms with Gasteiger partial charge in [-0.2, -0.15) is 0 Å². The van der Waals surface area contributed by atoms with Crippen LogP contribution in [-0.4, -0.2) is 26.7 Å². The standard InChI is InChI=1S/C14H16N2O5S/c1-9-7-11(21-16-9)8-15-22(18,19)13-6-4-5-12(10(13)2)14(17)20-3/h4-7,15H,8H2,1-3H3. The Morgan fingerprint density at radius 2 is 2.09 bits per heavy atom. The summed E-state index contributed by atoms with van der Waals surface area (Å²) in [5, 5.41) is 3.68. The van der Waals surface area contributed by atoms with Gasteiger partial charge in [-0.1, -0.05) is 11.2 Å². The van der Waals surface area contributed by atoms with Crippen molar-refractivity contribution in [3.63, 3.8) is 0 Å². The lowest BCUT2D eigenvalue weighted by Crippen LogP contribution is -2.24. The topological polar surface area (TPSA) is 98.5 Å². The van der Waals surface area contributed by atoms with E-state index < -0.39 is 16.0 Å². The third kappa shape index (κ3) is 3.34. The first-order chi connectivity index (χ1) is 10.3. The van der Waals surface area contributed by atoms with Crippen molar-refractivity contribution in [2.45, 2.75) is 25.3 Å². The maximum absolute atomic E-state index is 12.4. The van der Waals surface area contributed by atoms with Gasteiger partial charge in [-0.15, -0.1) is 0 Å². The second-order valence-corrected chi connectivity index (χ2v) is 6.41. The third-order valence-electron chi connectivity index (χ3n) is 3.09. The Morgan fingerprint density at radius 3 is 2.68 bits per heavy atom. The van der Waals surface area contributed by atoms with Gasteiger partial charge < -0.3 is 9.26 Å². The van der Waals surface area contributed by atoms with Crippen molar-refractivity contribution < 1.29 is 22.5 Å². The second kappa shape index (κ2) is 6.29. The summed E-state index contributed by atoms with van der Waals surface area (Å²) in [7, 11) is -2.55. The van der Waals surface area contributed by atoms with E-state index >= 15 is 0 Å². The van der Waals surface area contributed by atoms with Gasteiger partial charge in [0.1, 0.15) is 0 Å². The maximum Gasteiger partial charge on any atom is 0.338 e. The number of aryl methyl sites for hydroxylation is 1. The molecule has 0 saturated carbocycles. The average molecular weight is 324 g/mol. The first-order valence-electron chi connectivity index (χ1n) is 6.45. The predicted molar refractivity (Wildman–Crippen MR) is 77.8 cm³/mol. The highest BCUT2D eigenvalue weighted by molar-refractivity contribution is 7.89. The molecule has 0 saturated heterocycles. The number of sulfonamides is 1. The number of rotatable bonds is 5. The lowest BCUT2D eigenvalue weighted by Gasteiger charge is -2.11. The molecule has 0 radical (unpaired) electrons. The molecule has 0 amide bonds. The zero-order chi connectivity index (χ0) is 16.3. The Hall–Kier alpha value is -2.19. The number of methoxy groups -OCH3 is 1. The van der Waals surface area contributed by atoms with Crippen molar-refractivity contribution >= 4 is 16.0 Å². The first kappa shape index (κ1) is 16.2. The van der Waals surface area contributed by atoms with Gasteiger partial charge in [0.05, 0.1) is 29.8 Å². The molecule has 118 valence electrons. The van der Waals surface area contributed by atoms with E-state index in [-0.39, 0.29) is 17.0 Å². The van der Waals surface area contributed by atoms with Gasteiger partial charge in [-0.05, 0) is 31.5 Å². The van der Waals surface area contributed by atoms with Crippen molar-refractivity contribution in [1.29, 1.82) is 0 Å². The number of nitrogens with zero attached hydrogens (tertiary/aromatic N) is 1. The largest absolute Gasteiger partial charge is 0.465 e. The van der Waals surface area contributed by atoms with Gasteiger partial charge in [0, 0.05) is 6.07 Å². The lowest BCUT2D eigenvalue weighted by molar-refractivity contribution is 0.0599. The number of benzene rings is 1. The minimum Gasteiger partial charge on any atom is -0.465 e. The van der Waals surface area contributed by atoms with E-state index in [0.29, 0.717) is 17.0 Å². The third-order valence-corrected chi connectivity index (χ3v) is 4.64. The van der Waals surface area contributed by atoms with E-state index in [4.69, 9.17) is 4.52 Å². The molecule has 2 rings (SSSR count). The first-order valence-corrected chi connectivity index (χ1v) is 7.93. The minimum atomic E-state index is -3.79. The van der Waals surface area contributed by atoms with Crippen molar-refractivity contribution in [1.82, 2.24) is 9.88 Å². The molecular weight excluding hydrogens is 308 g/mol. The average Bonchev–Trinajstić information content (AvgIpc) is 2.90. The fourth-order valence-corrected chi connectivity index (χ4v) is 3.24. The van der Waals surface area contributed by atoms with Crippen LogP contribution in [0.3, 0.4) is 0 Å². The van der Waals surface area contributed by atoms with E-state index in [2.05, 4.69) is 14.6 Å². The number of esters is 1. The smallest absolute Gasteiger partial charge is 0.338 e. The zero-order valence-electron chi connectivity index (χ0n) is 12.4. The molecule has 0 atom stereocenters. The van der Waals surface area contributed by atoms with Crippen LogP contribution < -0.4 is 4.72 Å². The number of aromatic nitrogens is 1. The number of nitrogens with one attached hydrogen (secondary N) is 1. The van der Waals surface area contributed by atoms with Crippen LogP contribution >= 0.6 is 0 Å². The molecule has 0 aliphatic heterocycles. The Labute approximate surface area is 128 Å². The molecule has 0 aliphatic carbocycles. The Balaban J connectivity index is 2.27. The van der Waals surface area contributed by atoms with E-state index in [1.807, 2.05) is 0 Å². The molecule has 0 fully saturated rings. The zero-order valence-corrected chi connectivity index (χ0v) is 13.2. The molecular formula is C14H16N2O5S. The van der Waals surface area contributed by atoms with Crippen molar-refractivity contribution in [3.05, 3.63) is 46.8 Å². The molecule has 22 heavy (non-hydrogen) atoms. The van der Waals surface area contributed by atoms with Gasteiger partial charge in [0.2, 0.25) is 10.0 Å². The van der Waals surface area contributed by atoms with Crippen LogP contribution in [0.25, 0.3) is 0 Å². The summed E-state index contributed by atoms with van der Waals surface area (Å²) in [6.07, 6.45) is 0. The Morgan fingerprint density at radius 1 is 1.36 bits per heavy atom. The quantitative estimate of drug-likeness (QED) is 0.838. The highest BCUT2D eigenvalue weighted by Crippen LogP contribution is 2.20. The van der Waals surface area contributed by atoms with Gasteiger partial charge in [-0.25, -0.2) is 17.9 Å². The lowest BCUT2D eigenvalue weighted by atomic mass is 10.1. The molecule has 2 aromatic rings. The number of carbonyl (C=O) groups excluding carboxylic acids is 1. The molecule has 1 aromatic carbocycles. The van der Waals surface area contributed by atoms with Crippen LogP contribution in [0.1, 0.15) is 27.4 Å². The van der Waals surface area contributed by atoms with E-state index in [9.17, 15) is 13.2 Å². The Bertz CT molecular complexity index is 795. The summed E-state index contributed by atoms with van der Waals surface area (Å²) in [5.41, 5.74) is 1.20. The second-order valence-electron chi connectivity index (χ2n) is 4.68. The molecule has 0 aliphatic rings. The van der Waals surface area contributed by atoms with Crippen LogP contribution in [0.5, 0.6) is 0 Å². The van der Waals surface area contributed by atoms with Crippen LogP contribution in [0.15, 0.2) is 33.7 Å². The fourth-order valence-electron chi connectivity index (χ4n) is 1.98. The van der Waals surface area contributed by atoms with Crippen LogP contribution in [0.2, 0.25) is 0 Å².